The zero-order valence-electron chi connectivity index (χ0n) is 27.8. The van der Waals surface area contributed by atoms with Crippen LogP contribution in [0.3, 0.4) is 0 Å². The molecular weight excluding hydrogens is 595 g/mol. The summed E-state index contributed by atoms with van der Waals surface area (Å²) in [5, 5.41) is 14.1. The van der Waals surface area contributed by atoms with Crippen molar-refractivity contribution in [2.24, 2.45) is 0 Å². The number of benzene rings is 3. The van der Waals surface area contributed by atoms with Crippen LogP contribution in [-0.2, 0) is 15.7 Å². The van der Waals surface area contributed by atoms with Gasteiger partial charge in [0.05, 0.1) is 42.0 Å². The first-order chi connectivity index (χ1) is 21.8. The van der Waals surface area contributed by atoms with E-state index in [2.05, 4.69) is 74.3 Å². The summed E-state index contributed by atoms with van der Waals surface area (Å²) in [7, 11) is -2.98. The second-order valence-corrected chi connectivity index (χ2v) is 18.6. The fourth-order valence-electron chi connectivity index (χ4n) is 6.72. The predicted molar refractivity (Wildman–Crippen MR) is 185 cm³/mol. The highest BCUT2D eigenvalue weighted by Gasteiger charge is 2.53. The van der Waals surface area contributed by atoms with Crippen LogP contribution in [0.1, 0.15) is 60.8 Å². The van der Waals surface area contributed by atoms with E-state index in [4.69, 9.17) is 9.16 Å². The molecule has 2 heterocycles. The third-order valence-corrected chi connectivity index (χ3v) is 13.8. The summed E-state index contributed by atoms with van der Waals surface area (Å²) in [6.07, 6.45) is 1.40. The first-order valence-electron chi connectivity index (χ1n) is 16.2. The van der Waals surface area contributed by atoms with Crippen LogP contribution in [0.5, 0.6) is 0 Å². The Morgan fingerprint density at radius 1 is 0.935 bits per heavy atom. The molecule has 1 aliphatic heterocycles. The van der Waals surface area contributed by atoms with Crippen molar-refractivity contribution in [1.29, 1.82) is 0 Å². The average molecular weight is 642 g/mol. The molecule has 244 valence electrons. The van der Waals surface area contributed by atoms with Gasteiger partial charge in [-0.25, -0.2) is 9.78 Å². The average Bonchev–Trinajstić information content (AvgIpc) is 3.01. The fourth-order valence-corrected chi connectivity index (χ4v) is 11.5. The van der Waals surface area contributed by atoms with E-state index in [0.29, 0.717) is 17.4 Å². The largest absolute Gasteiger partial charge is 0.444 e. The summed E-state index contributed by atoms with van der Waals surface area (Å²) in [6, 6.07) is 27.6. The molecule has 46 heavy (non-hydrogen) atoms. The number of rotatable bonds is 8. The Hall–Kier alpha value is -3.79. The van der Waals surface area contributed by atoms with Crippen molar-refractivity contribution in [2.75, 3.05) is 6.54 Å². The third kappa shape index (κ3) is 7.11. The summed E-state index contributed by atoms with van der Waals surface area (Å²) in [5.74, 6) is 0. The Morgan fingerprint density at radius 2 is 1.52 bits per heavy atom. The lowest BCUT2D eigenvalue weighted by Gasteiger charge is -2.50. The van der Waals surface area contributed by atoms with Crippen LogP contribution in [0.15, 0.2) is 96.1 Å². The summed E-state index contributed by atoms with van der Waals surface area (Å²) >= 11 is 0. The number of aliphatic hydroxyl groups excluding tert-OH is 1. The number of amides is 1. The molecule has 0 radical (unpaired) electrons. The Morgan fingerprint density at radius 3 is 2.11 bits per heavy atom. The molecule has 0 spiro atoms. The van der Waals surface area contributed by atoms with E-state index >= 15 is 0 Å². The number of piperidine rings is 1. The number of fused-ring (bicyclic) bond motifs is 1. The van der Waals surface area contributed by atoms with Gasteiger partial charge in [-0.2, -0.15) is 0 Å². The van der Waals surface area contributed by atoms with Crippen molar-refractivity contribution >= 4 is 35.7 Å². The SMILES string of the molecule is CC(C)(C)OC(=O)N1CCC[C@H](O[Si](c2ccccc2)(c2ccccc2)C(C)(C)C)C1CC(O)Cn1cnc2ccccc2c1=O. The first-order valence-corrected chi connectivity index (χ1v) is 18.1. The molecule has 1 saturated heterocycles. The number of carbonyl (C=O) groups is 1. The molecule has 0 saturated carbocycles. The first kappa shape index (κ1) is 33.6. The van der Waals surface area contributed by atoms with Crippen LogP contribution in [0.2, 0.25) is 5.04 Å². The van der Waals surface area contributed by atoms with E-state index in [9.17, 15) is 14.7 Å². The minimum atomic E-state index is -2.98. The van der Waals surface area contributed by atoms with Gasteiger partial charge in [0, 0.05) is 6.54 Å². The normalized spacial score (nSPS) is 18.4. The summed E-state index contributed by atoms with van der Waals surface area (Å²) in [6.45, 7) is 12.8. The number of hydrogen-bond acceptors (Lipinski definition) is 6. The number of aliphatic hydroxyl groups is 1. The minimum Gasteiger partial charge on any atom is -0.444 e. The van der Waals surface area contributed by atoms with Gasteiger partial charge in [0.25, 0.3) is 13.9 Å². The molecule has 0 bridgehead atoms. The number of carbonyl (C=O) groups excluding carboxylic acids is 1. The highest BCUT2D eigenvalue weighted by molar-refractivity contribution is 6.99. The fraction of sp³-hybridized carbons (Fsp3) is 0.432. The molecule has 1 aromatic heterocycles. The van der Waals surface area contributed by atoms with Gasteiger partial charge in [0.2, 0.25) is 0 Å². The lowest BCUT2D eigenvalue weighted by molar-refractivity contribution is -0.0320. The van der Waals surface area contributed by atoms with E-state index in [-0.39, 0.29) is 29.7 Å². The number of ether oxygens (including phenoxy) is 1. The molecule has 3 atom stereocenters. The van der Waals surface area contributed by atoms with Crippen LogP contribution in [0.25, 0.3) is 10.9 Å². The second kappa shape index (κ2) is 13.5. The van der Waals surface area contributed by atoms with Crippen LogP contribution >= 0.6 is 0 Å². The van der Waals surface area contributed by atoms with Crippen molar-refractivity contribution in [3.8, 4) is 0 Å². The van der Waals surface area contributed by atoms with Gasteiger partial charge in [0.1, 0.15) is 5.60 Å². The van der Waals surface area contributed by atoms with Crippen LogP contribution in [0.4, 0.5) is 4.79 Å². The van der Waals surface area contributed by atoms with Crippen LogP contribution in [-0.4, -0.2) is 64.4 Å². The van der Waals surface area contributed by atoms with Gasteiger partial charge < -0.3 is 19.2 Å². The smallest absolute Gasteiger partial charge is 0.410 e. The molecule has 1 amide bonds. The van der Waals surface area contributed by atoms with Crippen molar-refractivity contribution in [3.05, 3.63) is 102 Å². The van der Waals surface area contributed by atoms with Gasteiger partial charge in [-0.15, -0.1) is 0 Å². The lowest BCUT2D eigenvalue weighted by Crippen LogP contribution is -2.70. The second-order valence-electron chi connectivity index (χ2n) is 14.3. The zero-order valence-corrected chi connectivity index (χ0v) is 28.8. The predicted octanol–water partition coefficient (Wildman–Crippen LogP) is 5.49. The maximum Gasteiger partial charge on any atom is 0.410 e. The highest BCUT2D eigenvalue weighted by Crippen LogP contribution is 2.40. The molecule has 1 N–H and O–H groups in total. The monoisotopic (exact) mass is 641 g/mol. The summed E-state index contributed by atoms with van der Waals surface area (Å²) < 4.78 is 14.9. The molecule has 3 aromatic carbocycles. The minimum absolute atomic E-state index is 0.0429. The van der Waals surface area contributed by atoms with E-state index in [1.807, 2.05) is 39.0 Å². The summed E-state index contributed by atoms with van der Waals surface area (Å²) in [4.78, 5) is 33.2. The lowest BCUT2D eigenvalue weighted by atomic mass is 9.94. The topological polar surface area (TPSA) is 93.9 Å². The Labute approximate surface area is 273 Å². The molecule has 5 rings (SSSR count). The van der Waals surface area contributed by atoms with Crippen molar-refractivity contribution in [2.45, 2.75) is 96.2 Å². The van der Waals surface area contributed by atoms with E-state index in [1.165, 1.54) is 10.9 Å². The van der Waals surface area contributed by atoms with Gasteiger partial charge in [-0.1, -0.05) is 93.6 Å². The Balaban J connectivity index is 1.54. The van der Waals surface area contributed by atoms with E-state index in [0.717, 1.165) is 23.2 Å². The molecule has 8 nitrogen and oxygen atoms in total. The molecule has 1 aliphatic rings. The molecule has 9 heteroatoms. The number of nitrogens with zero attached hydrogens (tertiary/aromatic N) is 3. The van der Waals surface area contributed by atoms with E-state index < -0.39 is 32.2 Å². The molecule has 2 unspecified atom stereocenters. The van der Waals surface area contributed by atoms with Crippen molar-refractivity contribution in [3.63, 3.8) is 0 Å². The molecule has 0 aliphatic carbocycles. The number of para-hydroxylation sites is 1. The summed E-state index contributed by atoms with van der Waals surface area (Å²) in [5.41, 5.74) is -0.284. The van der Waals surface area contributed by atoms with E-state index in [1.54, 1.807) is 23.1 Å². The quantitative estimate of drug-likeness (QED) is 0.256. The van der Waals surface area contributed by atoms with Gasteiger partial charge in [0.15, 0.2) is 0 Å². The molecule has 4 aromatic rings. The van der Waals surface area contributed by atoms with Crippen LogP contribution < -0.4 is 15.9 Å². The maximum atomic E-state index is 13.7. The van der Waals surface area contributed by atoms with Gasteiger partial charge in [-0.3, -0.25) is 9.36 Å². The standard InChI is InChI=1S/C37H47N3O5Si/c1-36(2,3)44-35(43)40-23-15-22-33(32(40)24-27(41)25-39-26-38-31-21-14-13-20-30(31)34(39)42)45-46(37(4,5)6,28-16-9-7-10-17-28)29-18-11-8-12-19-29/h7-14,16-21,26-27,32-33,41H,15,22-25H2,1-6H3/t27?,32?,33-/m0/s1. The number of aromatic nitrogens is 2. The number of likely N-dealkylation sites (tertiary alicyclic amines) is 1. The molecule has 1 fully saturated rings. The van der Waals surface area contributed by atoms with Crippen LogP contribution in [0, 0.1) is 0 Å². The highest BCUT2D eigenvalue weighted by atomic mass is 28.4. The maximum absolute atomic E-state index is 13.7. The zero-order chi connectivity index (χ0) is 33.1. The van der Waals surface area contributed by atoms with Crippen molar-refractivity contribution in [1.82, 2.24) is 14.5 Å². The van der Waals surface area contributed by atoms with Gasteiger partial charge in [-0.05, 0) is 67.6 Å². The van der Waals surface area contributed by atoms with Crippen molar-refractivity contribution < 1.29 is 19.1 Å². The number of hydrogen-bond donors (Lipinski definition) is 1. The third-order valence-electron chi connectivity index (χ3n) is 8.74. The Kier molecular flexibility index (Phi) is 9.86. The van der Waals surface area contributed by atoms with Gasteiger partial charge >= 0.3 is 6.09 Å². The molecular formula is C37H47N3O5Si. The Bertz CT molecular complexity index is 1640.